The molecule has 1 amide bonds. The van der Waals surface area contributed by atoms with Crippen molar-refractivity contribution in [3.8, 4) is 0 Å². The minimum absolute atomic E-state index is 0.0130. The number of hydrogen-bond donors (Lipinski definition) is 1. The Morgan fingerprint density at radius 3 is 2.79 bits per heavy atom. The number of carbonyl (C=O) groups excluding carboxylic acids is 1. The number of imidazole rings is 1. The molecule has 0 spiro atoms. The molecule has 0 saturated heterocycles. The summed E-state index contributed by atoms with van der Waals surface area (Å²) in [5.74, 6) is 0.308. The second kappa shape index (κ2) is 9.26. The zero-order valence-corrected chi connectivity index (χ0v) is 17.7. The Labute approximate surface area is 170 Å². The Hall–Kier alpha value is -2.31. The topological polar surface area (TPSA) is 58.2 Å². The third-order valence-electron chi connectivity index (χ3n) is 4.65. The molecule has 148 valence electrons. The van der Waals surface area contributed by atoms with Gasteiger partial charge in [0, 0.05) is 6.61 Å². The first-order valence-electron chi connectivity index (χ1n) is 9.59. The van der Waals surface area contributed by atoms with E-state index in [1.54, 1.807) is 4.90 Å². The van der Waals surface area contributed by atoms with Crippen molar-refractivity contribution in [1.82, 2.24) is 9.97 Å². The fraction of sp³-hybridized carbons (Fsp3) is 0.364. The number of nitrogens with one attached hydrogen (secondary N) is 1. The molecular weight excluding hydrogens is 370 g/mol. The van der Waals surface area contributed by atoms with Gasteiger partial charge in [-0.25, -0.2) is 4.98 Å². The van der Waals surface area contributed by atoms with Crippen molar-refractivity contribution in [3.63, 3.8) is 0 Å². The highest BCUT2D eigenvalue weighted by atomic mass is 32.2. The first-order chi connectivity index (χ1) is 13.5. The van der Waals surface area contributed by atoms with Gasteiger partial charge in [0.1, 0.15) is 6.73 Å². The molecule has 2 aromatic carbocycles. The zero-order chi connectivity index (χ0) is 20.1. The van der Waals surface area contributed by atoms with Gasteiger partial charge in [0.05, 0.1) is 22.5 Å². The van der Waals surface area contributed by atoms with Crippen LogP contribution in [0.15, 0.2) is 41.6 Å². The summed E-state index contributed by atoms with van der Waals surface area (Å²) in [5.41, 5.74) is 6.28. The van der Waals surface area contributed by atoms with Crippen LogP contribution in [-0.4, -0.2) is 35.0 Å². The average Bonchev–Trinajstić information content (AvgIpc) is 3.09. The standard InChI is InChI=1S/C22H27N3O2S/c1-5-17-9-7-8-16(4)21(17)25(14-27-6-2)20(26)13-28-22-23-18-11-10-15(3)12-19(18)24-22/h7-12H,5-6,13-14H2,1-4H3,(H,23,24). The lowest BCUT2D eigenvalue weighted by Gasteiger charge is -2.26. The number of aryl methyl sites for hydroxylation is 3. The van der Waals surface area contributed by atoms with Crippen molar-refractivity contribution in [2.45, 2.75) is 39.3 Å². The van der Waals surface area contributed by atoms with E-state index < -0.39 is 0 Å². The van der Waals surface area contributed by atoms with E-state index in [1.165, 1.54) is 17.3 Å². The lowest BCUT2D eigenvalue weighted by molar-refractivity contribution is -0.117. The van der Waals surface area contributed by atoms with Gasteiger partial charge in [-0.05, 0) is 56.0 Å². The molecule has 0 saturated carbocycles. The maximum Gasteiger partial charge on any atom is 0.239 e. The molecule has 0 unspecified atom stereocenters. The van der Waals surface area contributed by atoms with Crippen LogP contribution in [0.2, 0.25) is 0 Å². The number of carbonyl (C=O) groups is 1. The van der Waals surface area contributed by atoms with Crippen LogP contribution < -0.4 is 4.90 Å². The Balaban J connectivity index is 1.79. The first-order valence-corrected chi connectivity index (χ1v) is 10.6. The molecule has 0 fully saturated rings. The Bertz CT molecular complexity index is 968. The highest BCUT2D eigenvalue weighted by Crippen LogP contribution is 2.28. The van der Waals surface area contributed by atoms with Crippen molar-refractivity contribution >= 4 is 34.4 Å². The second-order valence-corrected chi connectivity index (χ2v) is 7.70. The van der Waals surface area contributed by atoms with Gasteiger partial charge in [-0.15, -0.1) is 0 Å². The van der Waals surface area contributed by atoms with E-state index in [-0.39, 0.29) is 12.6 Å². The quantitative estimate of drug-likeness (QED) is 0.435. The Kier molecular flexibility index (Phi) is 6.75. The van der Waals surface area contributed by atoms with Crippen molar-refractivity contribution in [2.75, 3.05) is 24.0 Å². The van der Waals surface area contributed by atoms with Gasteiger partial charge in [0.2, 0.25) is 5.91 Å². The summed E-state index contributed by atoms with van der Waals surface area (Å²) in [6.07, 6.45) is 0.864. The maximum atomic E-state index is 13.1. The molecule has 1 heterocycles. The molecule has 3 aromatic rings. The number of rotatable bonds is 8. The fourth-order valence-corrected chi connectivity index (χ4v) is 3.97. The molecule has 0 radical (unpaired) electrons. The summed E-state index contributed by atoms with van der Waals surface area (Å²) < 4.78 is 5.61. The van der Waals surface area contributed by atoms with Crippen LogP contribution in [-0.2, 0) is 16.0 Å². The minimum atomic E-state index is 0.0130. The maximum absolute atomic E-state index is 13.1. The number of amides is 1. The lowest BCUT2D eigenvalue weighted by Crippen LogP contribution is -2.36. The molecule has 0 bridgehead atoms. The van der Waals surface area contributed by atoms with Crippen LogP contribution in [0.4, 0.5) is 5.69 Å². The molecule has 5 nitrogen and oxygen atoms in total. The molecule has 0 atom stereocenters. The van der Waals surface area contributed by atoms with Crippen LogP contribution in [0.25, 0.3) is 11.0 Å². The van der Waals surface area contributed by atoms with Crippen LogP contribution in [0.3, 0.4) is 0 Å². The van der Waals surface area contributed by atoms with Gasteiger partial charge in [0.15, 0.2) is 5.16 Å². The molecule has 0 aliphatic carbocycles. The third-order valence-corrected chi connectivity index (χ3v) is 5.50. The number of aromatic nitrogens is 2. The number of para-hydroxylation sites is 1. The summed E-state index contributed by atoms with van der Waals surface area (Å²) in [6.45, 7) is 8.95. The van der Waals surface area contributed by atoms with Gasteiger partial charge in [-0.2, -0.15) is 0 Å². The molecule has 0 aliphatic heterocycles. The number of ether oxygens (including phenoxy) is 1. The predicted molar refractivity (Wildman–Crippen MR) is 116 cm³/mol. The third kappa shape index (κ3) is 4.56. The fourth-order valence-electron chi connectivity index (χ4n) is 3.21. The first kappa shape index (κ1) is 20.4. The Morgan fingerprint density at radius 1 is 1.21 bits per heavy atom. The van der Waals surface area contributed by atoms with E-state index >= 15 is 0 Å². The molecule has 0 aliphatic rings. The average molecular weight is 398 g/mol. The van der Waals surface area contributed by atoms with E-state index in [0.717, 1.165) is 39.4 Å². The SMILES string of the molecule is CCOCN(C(=O)CSc1nc2ccc(C)cc2[nH]1)c1c(C)cccc1CC. The van der Waals surface area contributed by atoms with Gasteiger partial charge in [-0.3, -0.25) is 9.69 Å². The highest BCUT2D eigenvalue weighted by molar-refractivity contribution is 7.99. The molecule has 1 N–H and O–H groups in total. The Morgan fingerprint density at radius 2 is 2.04 bits per heavy atom. The lowest BCUT2D eigenvalue weighted by atomic mass is 10.0. The molecular formula is C22H27N3O2S. The molecule has 1 aromatic heterocycles. The number of H-pyrrole nitrogens is 1. The second-order valence-electron chi connectivity index (χ2n) is 6.73. The van der Waals surface area contributed by atoms with Crippen LogP contribution in [0.1, 0.15) is 30.5 Å². The van der Waals surface area contributed by atoms with Gasteiger partial charge in [0.25, 0.3) is 0 Å². The van der Waals surface area contributed by atoms with Crippen LogP contribution in [0, 0.1) is 13.8 Å². The summed E-state index contributed by atoms with van der Waals surface area (Å²) >= 11 is 1.42. The number of thioether (sulfide) groups is 1. The van der Waals surface area contributed by atoms with Crippen molar-refractivity contribution in [3.05, 3.63) is 53.1 Å². The van der Waals surface area contributed by atoms with E-state index in [9.17, 15) is 4.79 Å². The number of nitrogens with zero attached hydrogens (tertiary/aromatic N) is 2. The number of benzene rings is 2. The normalized spacial score (nSPS) is 11.1. The van der Waals surface area contributed by atoms with E-state index in [1.807, 2.05) is 38.1 Å². The minimum Gasteiger partial charge on any atom is -0.361 e. The monoisotopic (exact) mass is 397 g/mol. The largest absolute Gasteiger partial charge is 0.361 e. The van der Waals surface area contributed by atoms with E-state index in [2.05, 4.69) is 35.9 Å². The summed E-state index contributed by atoms with van der Waals surface area (Å²) in [4.78, 5) is 22.7. The molecule has 6 heteroatoms. The van der Waals surface area contributed by atoms with Crippen LogP contribution in [0.5, 0.6) is 0 Å². The summed E-state index contributed by atoms with van der Waals surface area (Å²) in [5, 5.41) is 0.755. The van der Waals surface area contributed by atoms with Crippen molar-refractivity contribution < 1.29 is 9.53 Å². The van der Waals surface area contributed by atoms with E-state index in [4.69, 9.17) is 4.74 Å². The number of anilines is 1. The smallest absolute Gasteiger partial charge is 0.239 e. The highest BCUT2D eigenvalue weighted by Gasteiger charge is 2.21. The number of aromatic amines is 1. The van der Waals surface area contributed by atoms with Crippen molar-refractivity contribution in [2.24, 2.45) is 0 Å². The van der Waals surface area contributed by atoms with Gasteiger partial charge >= 0.3 is 0 Å². The summed E-state index contributed by atoms with van der Waals surface area (Å²) in [6, 6.07) is 12.2. The molecule has 28 heavy (non-hydrogen) atoms. The van der Waals surface area contributed by atoms with Gasteiger partial charge in [-0.1, -0.05) is 43.0 Å². The molecule has 3 rings (SSSR count). The number of hydrogen-bond acceptors (Lipinski definition) is 4. The zero-order valence-electron chi connectivity index (χ0n) is 16.9. The number of fused-ring (bicyclic) bond motifs is 1. The predicted octanol–water partition coefficient (Wildman–Crippen LogP) is 4.86. The van der Waals surface area contributed by atoms with E-state index in [0.29, 0.717) is 12.4 Å². The summed E-state index contributed by atoms with van der Waals surface area (Å²) in [7, 11) is 0. The van der Waals surface area contributed by atoms with Crippen molar-refractivity contribution in [1.29, 1.82) is 0 Å². The van der Waals surface area contributed by atoms with Crippen LogP contribution >= 0.6 is 11.8 Å². The van der Waals surface area contributed by atoms with Gasteiger partial charge < -0.3 is 9.72 Å².